The number of hydrogen-bond acceptors (Lipinski definition) is 7. The van der Waals surface area contributed by atoms with E-state index in [2.05, 4.69) is 125 Å². The summed E-state index contributed by atoms with van der Waals surface area (Å²) >= 11 is 0. The van der Waals surface area contributed by atoms with Gasteiger partial charge in [-0.05, 0) is 0 Å². The molecule has 0 aliphatic carbocycles. The van der Waals surface area contributed by atoms with Gasteiger partial charge in [0.1, 0.15) is 0 Å². The molecule has 0 radical (unpaired) electrons. The van der Waals surface area contributed by atoms with Crippen LogP contribution in [0.3, 0.4) is 0 Å². The first kappa shape index (κ1) is 54.1. The topological polar surface area (TPSA) is 64.6 Å². The van der Waals surface area contributed by atoms with Crippen LogP contribution in [0, 0.1) is 11.8 Å². The zero-order valence-corrected chi connectivity index (χ0v) is 42.7. The summed E-state index contributed by atoms with van der Waals surface area (Å²) in [4.78, 5) is 0. The van der Waals surface area contributed by atoms with Crippen molar-refractivity contribution in [2.75, 3.05) is 66.3 Å². The molecule has 0 fully saturated rings. The van der Waals surface area contributed by atoms with E-state index < -0.39 is 14.2 Å². The van der Waals surface area contributed by atoms with Crippen LogP contribution in [0.15, 0.2) is 97.1 Å². The van der Waals surface area contributed by atoms with Crippen LogP contribution in [0.4, 0.5) is 0 Å². The van der Waals surface area contributed by atoms with E-state index in [1.807, 2.05) is 0 Å². The third-order valence-electron chi connectivity index (χ3n) is 13.4. The van der Waals surface area contributed by atoms with Gasteiger partial charge in [0.05, 0.1) is 28.4 Å². The zero-order chi connectivity index (χ0) is 46.6. The average molecular weight is 913 g/mol. The molecule has 0 aliphatic heterocycles. The van der Waals surface area contributed by atoms with Crippen molar-refractivity contribution in [1.29, 1.82) is 0 Å². The fourth-order valence-electron chi connectivity index (χ4n) is 9.50. The normalized spacial score (nSPS) is 12.3. The van der Waals surface area contributed by atoms with E-state index >= 15 is 0 Å². The summed E-state index contributed by atoms with van der Waals surface area (Å²) in [5, 5.41) is 0. The molecule has 4 rings (SSSR count). The third kappa shape index (κ3) is 18.9. The molecule has 0 aliphatic rings. The van der Waals surface area contributed by atoms with Gasteiger partial charge < -0.3 is 18.9 Å². The van der Waals surface area contributed by atoms with Gasteiger partial charge in [-0.3, -0.25) is 0 Å². The molecule has 0 N–H and O–H groups in total. The summed E-state index contributed by atoms with van der Waals surface area (Å²) < 4.78 is 43.5. The fourth-order valence-corrected chi connectivity index (χ4v) is 16.3. The van der Waals surface area contributed by atoms with Crippen LogP contribution in [0.5, 0.6) is 23.0 Å². The summed E-state index contributed by atoms with van der Waals surface area (Å²) in [5.41, 5.74) is 5.29. The van der Waals surface area contributed by atoms with Crippen LogP contribution in [-0.2, 0) is 39.4 Å². The molecule has 9 heteroatoms. The van der Waals surface area contributed by atoms with Crippen LogP contribution < -0.4 is 18.9 Å². The number of rotatable bonds is 36. The molecule has 4 aromatic rings. The number of benzene rings is 4. The van der Waals surface area contributed by atoms with E-state index in [9.17, 15) is 0 Å². The molecule has 0 amide bonds. The molecule has 0 saturated carbocycles. The predicted molar refractivity (Wildman–Crippen MR) is 277 cm³/mol. The second-order valence-electron chi connectivity index (χ2n) is 18.5. The summed E-state index contributed by atoms with van der Waals surface area (Å²) in [6.07, 6.45) is 22.0. The van der Waals surface area contributed by atoms with Crippen molar-refractivity contribution >= 4 is 14.2 Å². The number of hydrogen-bond donors (Lipinski definition) is 0. The first-order chi connectivity index (χ1) is 31.7. The van der Waals surface area contributed by atoms with Crippen LogP contribution in [-0.4, -0.2) is 73.6 Å². The molecular formula is C56H86BO7P. The number of ether oxygens (including phenoxy) is 4. The monoisotopic (exact) mass is 913 g/mol. The van der Waals surface area contributed by atoms with E-state index in [-0.39, 0.29) is 0 Å². The molecule has 0 unspecified atom stereocenters. The molecule has 7 nitrogen and oxygen atoms in total. The minimum atomic E-state index is -2.70. The van der Waals surface area contributed by atoms with E-state index in [0.717, 1.165) is 74.4 Å². The van der Waals surface area contributed by atoms with Crippen molar-refractivity contribution in [3.63, 3.8) is 0 Å². The van der Waals surface area contributed by atoms with E-state index in [1.54, 1.807) is 28.4 Å². The summed E-state index contributed by atoms with van der Waals surface area (Å²) in [6, 6.07) is 34.2. The summed E-state index contributed by atoms with van der Waals surface area (Å²) in [7, 11) is 6.23. The second kappa shape index (κ2) is 30.0. The van der Waals surface area contributed by atoms with Gasteiger partial charge in [-0.2, -0.15) is 0 Å². The Bertz CT molecular complexity index is 1570. The molecule has 0 bridgehead atoms. The quantitative estimate of drug-likeness (QED) is 0.0256. The van der Waals surface area contributed by atoms with E-state index in [0.29, 0.717) is 25.0 Å². The summed E-state index contributed by atoms with van der Waals surface area (Å²) in [5.74, 6) is 4.43. The van der Waals surface area contributed by atoms with Crippen molar-refractivity contribution in [3.05, 3.63) is 119 Å². The van der Waals surface area contributed by atoms with Crippen molar-refractivity contribution in [1.82, 2.24) is 0 Å². The maximum absolute atomic E-state index is 7.76. The van der Waals surface area contributed by atoms with Gasteiger partial charge in [-0.15, -0.1) is 0 Å². The Morgan fingerprint density at radius 2 is 0.646 bits per heavy atom. The molecular weight excluding hydrogens is 826 g/mol. The minimum absolute atomic E-state index is 0.441. The van der Waals surface area contributed by atoms with Gasteiger partial charge in [0.2, 0.25) is 0 Å². The molecule has 65 heavy (non-hydrogen) atoms. The first-order valence-electron chi connectivity index (χ1n) is 25.2. The molecule has 4 aromatic carbocycles. The molecule has 0 aromatic heterocycles. The Kier molecular flexibility index (Phi) is 24.9. The predicted octanol–water partition coefficient (Wildman–Crippen LogP) is 14.5. The van der Waals surface area contributed by atoms with Crippen molar-refractivity contribution in [2.24, 2.45) is 11.8 Å². The van der Waals surface area contributed by atoms with Gasteiger partial charge in [0, 0.05) is 0 Å². The first-order valence-corrected chi connectivity index (χ1v) is 28.1. The molecule has 0 spiro atoms. The van der Waals surface area contributed by atoms with Gasteiger partial charge in [-0.25, -0.2) is 0 Å². The Morgan fingerprint density at radius 3 is 0.877 bits per heavy atom. The molecule has 360 valence electrons. The van der Waals surface area contributed by atoms with Crippen LogP contribution in [0.1, 0.15) is 127 Å². The zero-order valence-electron chi connectivity index (χ0n) is 41.8. The molecule has 0 saturated heterocycles. The van der Waals surface area contributed by atoms with E-state index in [1.165, 1.54) is 98.3 Å². The molecule has 0 atom stereocenters. The standard InChI is InChI=1S/C56H86BO7P/c1-9-13-39-65(40-14-10-2,41-15-11-3,42-16-12-4)64-57(62-37-17-19-51(43-47-21-29-53(58-5)30-22-47)44-48-23-31-54(59-6)32-24-48)63-38-18-20-52(45-49-25-33-55(60-7)34-26-49)46-50-27-35-56(61-8)36-28-50/h21-36,51-52H,9-20,37-46H2,1-8H3. The van der Waals surface area contributed by atoms with Gasteiger partial charge in [0.15, 0.2) is 0 Å². The van der Waals surface area contributed by atoms with Crippen molar-refractivity contribution < 1.29 is 32.7 Å². The average Bonchev–Trinajstić information content (AvgIpc) is 3.35. The Labute approximate surface area is 396 Å². The van der Waals surface area contributed by atoms with Crippen LogP contribution in [0.2, 0.25) is 0 Å². The fraction of sp³-hybridized carbons (Fsp3) is 0.571. The van der Waals surface area contributed by atoms with Gasteiger partial charge >= 0.3 is 350 Å². The Hall–Kier alpha value is -3.55. The van der Waals surface area contributed by atoms with E-state index in [4.69, 9.17) is 32.7 Å². The van der Waals surface area contributed by atoms with Crippen molar-refractivity contribution in [3.8, 4) is 23.0 Å². The van der Waals surface area contributed by atoms with Crippen LogP contribution >= 0.6 is 6.83 Å². The van der Waals surface area contributed by atoms with Crippen molar-refractivity contribution in [2.45, 2.75) is 130 Å². The molecule has 0 heterocycles. The SMILES string of the molecule is CCCCP(CCCC)(CCCC)(CCCC)OB(OCCCC(Cc1ccc(OC)cc1)Cc1ccc(OC)cc1)OCCCC(Cc1ccc(OC)cc1)Cc1ccc(OC)cc1. The summed E-state index contributed by atoms with van der Waals surface area (Å²) in [6.45, 7) is 7.82. The van der Waals surface area contributed by atoms with Crippen LogP contribution in [0.25, 0.3) is 0 Å². The number of unbranched alkanes of at least 4 members (excludes halogenated alkanes) is 4. The Balaban J connectivity index is 1.56. The Morgan fingerprint density at radius 1 is 0.385 bits per heavy atom. The second-order valence-corrected chi connectivity index (χ2v) is 24.2. The van der Waals surface area contributed by atoms with Gasteiger partial charge in [0.25, 0.3) is 0 Å². The third-order valence-corrected chi connectivity index (χ3v) is 20.0. The number of methoxy groups -OCH3 is 4. The van der Waals surface area contributed by atoms with Gasteiger partial charge in [-0.1, -0.05) is 0 Å². The maximum atomic E-state index is 7.76.